The van der Waals surface area contributed by atoms with Crippen molar-refractivity contribution >= 4 is 0 Å². The molecule has 54 valence electrons. The Hall–Kier alpha value is -0.0800. The number of epoxide rings is 1. The van der Waals surface area contributed by atoms with Gasteiger partial charge in [-0.05, 0) is 26.7 Å². The lowest BCUT2D eigenvalue weighted by Crippen LogP contribution is -2.09. The van der Waals surface area contributed by atoms with E-state index in [1.807, 2.05) is 6.92 Å². The van der Waals surface area contributed by atoms with Crippen molar-refractivity contribution in [2.45, 2.75) is 38.4 Å². The van der Waals surface area contributed by atoms with Gasteiger partial charge in [-0.2, -0.15) is 0 Å². The summed E-state index contributed by atoms with van der Waals surface area (Å²) in [6.45, 7) is 4.76. The third-order valence-electron chi connectivity index (χ3n) is 1.73. The number of aliphatic hydroxyl groups is 1. The maximum Gasteiger partial charge on any atom is 0.0889 e. The standard InChI is InChI=1S/C7H14O2/c1-6(8)3-4-7(2)5-9-7/h6,8H,3-5H2,1-2H3. The third kappa shape index (κ3) is 2.33. The number of rotatable bonds is 3. The highest BCUT2D eigenvalue weighted by Crippen LogP contribution is 2.31. The molecule has 1 aliphatic heterocycles. The van der Waals surface area contributed by atoms with E-state index in [4.69, 9.17) is 9.84 Å². The third-order valence-corrected chi connectivity index (χ3v) is 1.73. The molecule has 0 spiro atoms. The zero-order valence-electron chi connectivity index (χ0n) is 6.05. The first-order valence-corrected chi connectivity index (χ1v) is 3.44. The van der Waals surface area contributed by atoms with Crippen molar-refractivity contribution in [3.05, 3.63) is 0 Å². The number of aliphatic hydroxyl groups excluding tert-OH is 1. The monoisotopic (exact) mass is 130 g/mol. The molecule has 1 rings (SSSR count). The molecule has 0 bridgehead atoms. The van der Waals surface area contributed by atoms with Crippen LogP contribution in [0.1, 0.15) is 26.7 Å². The molecule has 1 heterocycles. The topological polar surface area (TPSA) is 32.8 Å². The molecule has 0 aromatic carbocycles. The second kappa shape index (κ2) is 2.27. The van der Waals surface area contributed by atoms with Gasteiger partial charge in [0.25, 0.3) is 0 Å². The van der Waals surface area contributed by atoms with Gasteiger partial charge in [0.05, 0.1) is 18.3 Å². The fourth-order valence-electron chi connectivity index (χ4n) is 0.782. The van der Waals surface area contributed by atoms with Gasteiger partial charge in [-0.1, -0.05) is 0 Å². The smallest absolute Gasteiger partial charge is 0.0889 e. The summed E-state index contributed by atoms with van der Waals surface area (Å²) in [6, 6.07) is 0. The van der Waals surface area contributed by atoms with E-state index in [0.29, 0.717) is 0 Å². The van der Waals surface area contributed by atoms with Crippen molar-refractivity contribution in [1.82, 2.24) is 0 Å². The van der Waals surface area contributed by atoms with Crippen LogP contribution >= 0.6 is 0 Å². The zero-order chi connectivity index (χ0) is 6.91. The van der Waals surface area contributed by atoms with E-state index in [1.165, 1.54) is 0 Å². The predicted molar refractivity (Wildman–Crippen MR) is 35.3 cm³/mol. The molecule has 0 saturated carbocycles. The van der Waals surface area contributed by atoms with Crippen LogP contribution in [0.2, 0.25) is 0 Å². The minimum Gasteiger partial charge on any atom is -0.393 e. The normalized spacial score (nSPS) is 36.3. The van der Waals surface area contributed by atoms with Crippen molar-refractivity contribution < 1.29 is 9.84 Å². The van der Waals surface area contributed by atoms with Gasteiger partial charge in [0.15, 0.2) is 0 Å². The molecule has 0 aromatic rings. The average molecular weight is 130 g/mol. The SMILES string of the molecule is CC(O)CCC1(C)CO1. The molecule has 1 aliphatic rings. The molecular formula is C7H14O2. The summed E-state index contributed by atoms with van der Waals surface area (Å²) in [5.74, 6) is 0. The molecule has 2 unspecified atom stereocenters. The Kier molecular flexibility index (Phi) is 1.78. The fraction of sp³-hybridized carbons (Fsp3) is 1.00. The molecule has 2 atom stereocenters. The van der Waals surface area contributed by atoms with Crippen molar-refractivity contribution in [3.8, 4) is 0 Å². The summed E-state index contributed by atoms with van der Waals surface area (Å²) in [5, 5.41) is 8.89. The van der Waals surface area contributed by atoms with Crippen LogP contribution < -0.4 is 0 Å². The fourth-order valence-corrected chi connectivity index (χ4v) is 0.782. The van der Waals surface area contributed by atoms with Gasteiger partial charge >= 0.3 is 0 Å². The molecule has 1 saturated heterocycles. The van der Waals surface area contributed by atoms with Gasteiger partial charge in [0.2, 0.25) is 0 Å². The van der Waals surface area contributed by atoms with Crippen LogP contribution in [0.25, 0.3) is 0 Å². The van der Waals surface area contributed by atoms with Crippen molar-refractivity contribution in [3.63, 3.8) is 0 Å². The summed E-state index contributed by atoms with van der Waals surface area (Å²) in [4.78, 5) is 0. The van der Waals surface area contributed by atoms with Gasteiger partial charge in [-0.25, -0.2) is 0 Å². The molecule has 1 N–H and O–H groups in total. The molecule has 9 heavy (non-hydrogen) atoms. The molecule has 0 radical (unpaired) electrons. The van der Waals surface area contributed by atoms with E-state index in [1.54, 1.807) is 0 Å². The molecule has 0 aromatic heterocycles. The van der Waals surface area contributed by atoms with E-state index < -0.39 is 0 Å². The Morgan fingerprint density at radius 1 is 1.78 bits per heavy atom. The maximum absolute atomic E-state index is 8.89. The largest absolute Gasteiger partial charge is 0.393 e. The lowest BCUT2D eigenvalue weighted by atomic mass is 10.1. The number of hydrogen-bond donors (Lipinski definition) is 1. The first-order chi connectivity index (χ1) is 4.12. The maximum atomic E-state index is 8.89. The van der Waals surface area contributed by atoms with Gasteiger partial charge in [-0.15, -0.1) is 0 Å². The highest BCUT2D eigenvalue weighted by Gasteiger charge is 2.38. The van der Waals surface area contributed by atoms with E-state index in [2.05, 4.69) is 6.92 Å². The highest BCUT2D eigenvalue weighted by atomic mass is 16.6. The summed E-state index contributed by atoms with van der Waals surface area (Å²) >= 11 is 0. The Morgan fingerprint density at radius 2 is 2.33 bits per heavy atom. The molecular weight excluding hydrogens is 116 g/mol. The minimum absolute atomic E-state index is 0.122. The summed E-state index contributed by atoms with van der Waals surface area (Å²) in [6.07, 6.45) is 1.67. The number of ether oxygens (including phenoxy) is 1. The van der Waals surface area contributed by atoms with Crippen molar-refractivity contribution in [2.75, 3.05) is 6.61 Å². The molecule has 2 nitrogen and oxygen atoms in total. The summed E-state index contributed by atoms with van der Waals surface area (Å²) in [7, 11) is 0. The first kappa shape index (κ1) is 7.03. The van der Waals surface area contributed by atoms with Crippen molar-refractivity contribution in [2.24, 2.45) is 0 Å². The molecule has 2 heteroatoms. The quantitative estimate of drug-likeness (QED) is 0.576. The first-order valence-electron chi connectivity index (χ1n) is 3.44. The van der Waals surface area contributed by atoms with Crippen molar-refractivity contribution in [1.29, 1.82) is 0 Å². The molecule has 1 fully saturated rings. The molecule has 0 aliphatic carbocycles. The van der Waals surface area contributed by atoms with Gasteiger partial charge in [-0.3, -0.25) is 0 Å². The summed E-state index contributed by atoms with van der Waals surface area (Å²) in [5.41, 5.74) is 0.122. The van der Waals surface area contributed by atoms with E-state index in [-0.39, 0.29) is 11.7 Å². The zero-order valence-corrected chi connectivity index (χ0v) is 6.05. The number of hydrogen-bond acceptors (Lipinski definition) is 2. The molecule has 0 amide bonds. The summed E-state index contributed by atoms with van der Waals surface area (Å²) < 4.78 is 5.14. The van der Waals surface area contributed by atoms with Crippen LogP contribution in [0, 0.1) is 0 Å². The van der Waals surface area contributed by atoms with Crippen LogP contribution in [-0.2, 0) is 4.74 Å². The van der Waals surface area contributed by atoms with Gasteiger partial charge in [0, 0.05) is 0 Å². The van der Waals surface area contributed by atoms with E-state index in [0.717, 1.165) is 19.4 Å². The van der Waals surface area contributed by atoms with Crippen LogP contribution in [0.3, 0.4) is 0 Å². The minimum atomic E-state index is -0.175. The van der Waals surface area contributed by atoms with Crippen LogP contribution in [0.4, 0.5) is 0 Å². The van der Waals surface area contributed by atoms with E-state index >= 15 is 0 Å². The lowest BCUT2D eigenvalue weighted by Gasteiger charge is -2.05. The second-order valence-electron chi connectivity index (χ2n) is 3.13. The Morgan fingerprint density at radius 3 is 2.67 bits per heavy atom. The van der Waals surface area contributed by atoms with Crippen LogP contribution in [-0.4, -0.2) is 23.4 Å². The predicted octanol–water partition coefficient (Wildman–Crippen LogP) is 0.936. The average Bonchev–Trinajstić information content (AvgIpc) is 2.45. The van der Waals surface area contributed by atoms with Crippen LogP contribution in [0.15, 0.2) is 0 Å². The lowest BCUT2D eigenvalue weighted by molar-refractivity contribution is 0.166. The Balaban J connectivity index is 2.05. The second-order valence-corrected chi connectivity index (χ2v) is 3.13. The Labute approximate surface area is 55.8 Å². The van der Waals surface area contributed by atoms with Crippen LogP contribution in [0.5, 0.6) is 0 Å². The van der Waals surface area contributed by atoms with Gasteiger partial charge in [0.1, 0.15) is 0 Å². The highest BCUT2D eigenvalue weighted by molar-refractivity contribution is 4.86. The Bertz CT molecular complexity index is 95.1. The van der Waals surface area contributed by atoms with E-state index in [9.17, 15) is 0 Å². The van der Waals surface area contributed by atoms with Gasteiger partial charge < -0.3 is 9.84 Å².